The number of hydrogen-bond acceptors (Lipinski definition) is 3. The summed E-state index contributed by atoms with van der Waals surface area (Å²) >= 11 is 0. The molecule has 1 rings (SSSR count). The Morgan fingerprint density at radius 3 is 1.57 bits per heavy atom. The van der Waals surface area contributed by atoms with E-state index in [1.165, 1.54) is 7.05 Å². The van der Waals surface area contributed by atoms with Crippen LogP contribution in [-0.4, -0.2) is 13.7 Å². The van der Waals surface area contributed by atoms with Gasteiger partial charge in [-0.05, 0) is 0 Å². The van der Waals surface area contributed by atoms with Crippen LogP contribution in [0.2, 0.25) is 0 Å². The van der Waals surface area contributed by atoms with Gasteiger partial charge in [0.1, 0.15) is 0 Å². The van der Waals surface area contributed by atoms with Gasteiger partial charge in [0.05, 0.1) is 0 Å². The lowest BCUT2D eigenvalue weighted by Gasteiger charge is -2.00. The Labute approximate surface area is 78.0 Å². The van der Waals surface area contributed by atoms with Crippen molar-refractivity contribution in [2.75, 3.05) is 0 Å². The summed E-state index contributed by atoms with van der Waals surface area (Å²) in [5.41, 5.74) is -2.80. The van der Waals surface area contributed by atoms with Gasteiger partial charge in [-0.25, -0.2) is 19.0 Å². The fourth-order valence-corrected chi connectivity index (χ4v) is 0.866. The van der Waals surface area contributed by atoms with Crippen LogP contribution in [0.3, 0.4) is 0 Å². The first kappa shape index (κ1) is 9.62. The Balaban J connectivity index is 4.10. The molecule has 0 aliphatic carbocycles. The van der Waals surface area contributed by atoms with Crippen molar-refractivity contribution in [3.05, 3.63) is 31.5 Å². The summed E-state index contributed by atoms with van der Waals surface area (Å²) in [7, 11) is 1.17. The molecule has 1 aromatic rings. The number of aromatic nitrogens is 3. The van der Waals surface area contributed by atoms with E-state index in [0.29, 0.717) is 13.7 Å². The Kier molecular flexibility index (Phi) is 2.14. The molecule has 1 aromatic heterocycles. The van der Waals surface area contributed by atoms with Crippen LogP contribution in [0, 0.1) is 24.9 Å². The third-order valence-corrected chi connectivity index (χ3v) is 1.60. The molecule has 0 bridgehead atoms. The van der Waals surface area contributed by atoms with E-state index in [9.17, 15) is 14.4 Å². The van der Waals surface area contributed by atoms with Gasteiger partial charge < -0.3 is 0 Å². The average molecular weight is 191 g/mol. The zero-order valence-electron chi connectivity index (χ0n) is 7.22. The van der Waals surface area contributed by atoms with Crippen LogP contribution in [0.1, 0.15) is 0 Å². The van der Waals surface area contributed by atoms with Crippen molar-refractivity contribution >= 4 is 0 Å². The van der Waals surface area contributed by atoms with Gasteiger partial charge in [-0.15, -0.1) is 0 Å². The van der Waals surface area contributed by atoms with E-state index in [-0.39, 0.29) is 0 Å². The summed E-state index contributed by atoms with van der Waals surface area (Å²) < 4.78 is 1.49. The second-order valence-corrected chi connectivity index (χ2v) is 2.34. The maximum atomic E-state index is 11.3. The van der Waals surface area contributed by atoms with Crippen molar-refractivity contribution in [1.82, 2.24) is 13.7 Å². The van der Waals surface area contributed by atoms with Crippen LogP contribution in [0.15, 0.2) is 14.4 Å². The van der Waals surface area contributed by atoms with Crippen molar-refractivity contribution in [2.24, 2.45) is 7.05 Å². The maximum absolute atomic E-state index is 11.3. The van der Waals surface area contributed by atoms with Crippen molar-refractivity contribution in [1.29, 1.82) is 0 Å². The van der Waals surface area contributed by atoms with E-state index in [4.69, 9.17) is 12.8 Å². The molecule has 0 fully saturated rings. The Morgan fingerprint density at radius 2 is 1.29 bits per heavy atom. The second-order valence-electron chi connectivity index (χ2n) is 2.34. The molecule has 0 aliphatic heterocycles. The highest BCUT2D eigenvalue weighted by Gasteiger charge is 2.09. The molecule has 0 amide bonds. The van der Waals surface area contributed by atoms with Gasteiger partial charge in [0, 0.05) is 19.1 Å². The van der Waals surface area contributed by atoms with Gasteiger partial charge in [-0.2, -0.15) is 9.13 Å². The zero-order valence-corrected chi connectivity index (χ0v) is 7.22. The molecule has 0 saturated heterocycles. The van der Waals surface area contributed by atoms with E-state index in [1.54, 1.807) is 0 Å². The monoisotopic (exact) mass is 191 g/mol. The molecule has 0 atom stereocenters. The van der Waals surface area contributed by atoms with Gasteiger partial charge in [-0.3, -0.25) is 0 Å². The van der Waals surface area contributed by atoms with Crippen molar-refractivity contribution in [2.45, 2.75) is 0 Å². The topological polar surface area (TPSA) is 66.0 Å². The van der Waals surface area contributed by atoms with Gasteiger partial charge >= 0.3 is 17.1 Å². The first-order valence-electron chi connectivity index (χ1n) is 3.43. The number of rotatable bonds is 0. The lowest BCUT2D eigenvalue weighted by Crippen LogP contribution is -2.51. The highest BCUT2D eigenvalue weighted by molar-refractivity contribution is 4.99. The lowest BCUT2D eigenvalue weighted by atomic mass is 10.8. The molecule has 0 aliphatic rings. The quantitative estimate of drug-likeness (QED) is 0.429. The van der Waals surface area contributed by atoms with E-state index in [0.717, 1.165) is 0 Å². The second kappa shape index (κ2) is 3.11. The molecule has 0 radical (unpaired) electrons. The smallest absolute Gasteiger partial charge is 0.246 e. The molecule has 0 N–H and O–H groups in total. The Hall–Kier alpha value is -2.47. The van der Waals surface area contributed by atoms with E-state index in [2.05, 4.69) is 0 Å². The minimum Gasteiger partial charge on any atom is -0.246 e. The molecule has 0 saturated carbocycles. The van der Waals surface area contributed by atoms with Crippen molar-refractivity contribution < 1.29 is 0 Å². The molecule has 0 spiro atoms. The molecule has 14 heavy (non-hydrogen) atoms. The fraction of sp³-hybridized carbons (Fsp3) is 0.125. The van der Waals surface area contributed by atoms with Gasteiger partial charge in [0.25, 0.3) is 0 Å². The number of nitrogens with zero attached hydrogens (tertiary/aromatic N) is 3. The van der Waals surface area contributed by atoms with Crippen molar-refractivity contribution in [3.63, 3.8) is 0 Å². The molecule has 1 heterocycles. The van der Waals surface area contributed by atoms with Gasteiger partial charge in [0.15, 0.2) is 0 Å². The minimum atomic E-state index is -1.01. The first-order valence-corrected chi connectivity index (χ1v) is 3.43. The summed E-state index contributed by atoms with van der Waals surface area (Å²) in [6, 6.07) is 3.64. The van der Waals surface area contributed by atoms with Gasteiger partial charge in [0.2, 0.25) is 0 Å². The predicted octanol–water partition coefficient (Wildman–Crippen LogP) is -2.41. The summed E-state index contributed by atoms with van der Waals surface area (Å²) in [5.74, 6) is 0. The maximum Gasteiger partial charge on any atom is 0.360 e. The molecule has 70 valence electrons. The average Bonchev–Trinajstić information content (AvgIpc) is 2.16. The first-order chi connectivity index (χ1) is 6.54. The van der Waals surface area contributed by atoms with E-state index < -0.39 is 17.1 Å². The van der Waals surface area contributed by atoms with Crippen LogP contribution >= 0.6 is 0 Å². The lowest BCUT2D eigenvalue weighted by molar-refractivity contribution is 0.632. The van der Waals surface area contributed by atoms with Crippen LogP contribution < -0.4 is 17.1 Å². The third-order valence-electron chi connectivity index (χ3n) is 1.60. The number of hydrogen-bond donors (Lipinski definition) is 0. The summed E-state index contributed by atoms with van der Waals surface area (Å²) in [6.07, 6.45) is 9.82. The van der Waals surface area contributed by atoms with Crippen LogP contribution in [0.5, 0.6) is 0 Å². The third kappa shape index (κ3) is 1.06. The largest absolute Gasteiger partial charge is 0.360 e. The standard InChI is InChI=1S/C8H5N3O3/c1-4-10-6(12)9(3)7(13)11(5-2)8(10)14/h1-2H,3H3. The van der Waals surface area contributed by atoms with Crippen LogP contribution in [0.4, 0.5) is 0 Å². The molecular formula is C8H5N3O3. The summed E-state index contributed by atoms with van der Waals surface area (Å²) in [6.45, 7) is 0. The summed E-state index contributed by atoms with van der Waals surface area (Å²) in [5, 5.41) is 0. The van der Waals surface area contributed by atoms with Gasteiger partial charge in [-0.1, -0.05) is 12.8 Å². The Morgan fingerprint density at radius 1 is 0.929 bits per heavy atom. The zero-order chi connectivity index (χ0) is 10.9. The number of terminal acetylenes is 2. The molecule has 0 aromatic carbocycles. The molecular weight excluding hydrogens is 186 g/mol. The minimum absolute atomic E-state index is 0.418. The Bertz CT molecular complexity index is 578. The van der Waals surface area contributed by atoms with Crippen molar-refractivity contribution in [3.8, 4) is 24.9 Å². The van der Waals surface area contributed by atoms with Crippen LogP contribution in [-0.2, 0) is 7.05 Å². The predicted molar refractivity (Wildman–Crippen MR) is 48.7 cm³/mol. The molecule has 6 nitrogen and oxygen atoms in total. The molecule has 0 unspecified atom stereocenters. The fourth-order valence-electron chi connectivity index (χ4n) is 0.866. The SMILES string of the molecule is C#Cn1c(=O)n(C)c(=O)n(C#C)c1=O. The normalized spacial score (nSPS) is 9.07. The highest BCUT2D eigenvalue weighted by atomic mass is 16.2. The van der Waals surface area contributed by atoms with E-state index in [1.807, 2.05) is 12.1 Å². The molecule has 6 heteroatoms. The van der Waals surface area contributed by atoms with E-state index >= 15 is 0 Å². The summed E-state index contributed by atoms with van der Waals surface area (Å²) in [4.78, 5) is 33.7. The highest BCUT2D eigenvalue weighted by Crippen LogP contribution is 1.63. The van der Waals surface area contributed by atoms with Crippen LogP contribution in [0.25, 0.3) is 0 Å².